The molecule has 7 heteroatoms. The molecule has 0 aliphatic heterocycles. The van der Waals surface area contributed by atoms with Crippen molar-refractivity contribution in [3.63, 3.8) is 0 Å². The van der Waals surface area contributed by atoms with Crippen molar-refractivity contribution in [1.29, 1.82) is 0 Å². The number of halogens is 3. The standard InChI is InChI=1S/C8H16BrF2NO2S/c1-2-15(13,14)6-5-12(4-3-9)7-8(10)11/h8H,2-7H2,1H3. The van der Waals surface area contributed by atoms with Crippen molar-refractivity contribution in [1.82, 2.24) is 4.90 Å². The number of hydrogen-bond donors (Lipinski definition) is 0. The smallest absolute Gasteiger partial charge is 0.251 e. The third kappa shape index (κ3) is 8.10. The fourth-order valence-corrected chi connectivity index (χ4v) is 2.35. The molecule has 15 heavy (non-hydrogen) atoms. The summed E-state index contributed by atoms with van der Waals surface area (Å²) >= 11 is 3.14. The van der Waals surface area contributed by atoms with Crippen LogP contribution in [-0.4, -0.2) is 56.2 Å². The average Bonchev–Trinajstić information content (AvgIpc) is 2.14. The Morgan fingerprint density at radius 3 is 2.33 bits per heavy atom. The van der Waals surface area contributed by atoms with E-state index in [2.05, 4.69) is 15.9 Å². The maximum Gasteiger partial charge on any atom is 0.251 e. The molecule has 0 saturated carbocycles. The average molecular weight is 308 g/mol. The van der Waals surface area contributed by atoms with Crippen LogP contribution in [0.3, 0.4) is 0 Å². The van der Waals surface area contributed by atoms with Gasteiger partial charge in [0.25, 0.3) is 6.43 Å². The van der Waals surface area contributed by atoms with Gasteiger partial charge in [-0.05, 0) is 0 Å². The molecular weight excluding hydrogens is 292 g/mol. The minimum atomic E-state index is -3.07. The van der Waals surface area contributed by atoms with Crippen LogP contribution in [-0.2, 0) is 9.84 Å². The molecule has 0 aliphatic rings. The third-order valence-electron chi connectivity index (χ3n) is 1.96. The predicted molar refractivity (Wildman–Crippen MR) is 60.6 cm³/mol. The SMILES string of the molecule is CCS(=O)(=O)CCN(CCBr)CC(F)F. The molecule has 0 N–H and O–H groups in total. The van der Waals surface area contributed by atoms with Crippen LogP contribution in [0.1, 0.15) is 6.92 Å². The second kappa shape index (κ2) is 7.51. The number of sulfone groups is 1. The van der Waals surface area contributed by atoms with Gasteiger partial charge in [-0.25, -0.2) is 17.2 Å². The van der Waals surface area contributed by atoms with Crippen LogP contribution >= 0.6 is 15.9 Å². The first kappa shape index (κ1) is 15.2. The van der Waals surface area contributed by atoms with Gasteiger partial charge in [-0.15, -0.1) is 0 Å². The quantitative estimate of drug-likeness (QED) is 0.636. The van der Waals surface area contributed by atoms with E-state index in [0.717, 1.165) is 0 Å². The molecule has 3 nitrogen and oxygen atoms in total. The van der Waals surface area contributed by atoms with E-state index in [1.165, 1.54) is 4.90 Å². The van der Waals surface area contributed by atoms with Gasteiger partial charge in [-0.1, -0.05) is 22.9 Å². The van der Waals surface area contributed by atoms with Gasteiger partial charge in [0.1, 0.15) is 0 Å². The zero-order valence-corrected chi connectivity index (χ0v) is 11.0. The summed E-state index contributed by atoms with van der Waals surface area (Å²) in [5, 5.41) is 0.561. The van der Waals surface area contributed by atoms with Crippen molar-refractivity contribution in [2.75, 3.05) is 36.5 Å². The van der Waals surface area contributed by atoms with Gasteiger partial charge in [-0.3, -0.25) is 4.90 Å². The minimum Gasteiger partial charge on any atom is -0.296 e. The zero-order chi connectivity index (χ0) is 11.9. The molecule has 0 heterocycles. The Bertz CT molecular complexity index is 259. The van der Waals surface area contributed by atoms with Crippen molar-refractivity contribution in [2.45, 2.75) is 13.3 Å². The van der Waals surface area contributed by atoms with E-state index in [1.54, 1.807) is 6.92 Å². The van der Waals surface area contributed by atoms with Crippen LogP contribution in [0.4, 0.5) is 8.78 Å². The Balaban J connectivity index is 4.06. The molecule has 0 aromatic rings. The molecule has 0 rings (SSSR count). The predicted octanol–water partition coefficient (Wildman–Crippen LogP) is 1.38. The van der Waals surface area contributed by atoms with Gasteiger partial charge in [0.15, 0.2) is 9.84 Å². The highest BCUT2D eigenvalue weighted by atomic mass is 79.9. The molecule has 0 amide bonds. The summed E-state index contributed by atoms with van der Waals surface area (Å²) in [6.07, 6.45) is -2.42. The number of rotatable bonds is 8. The van der Waals surface area contributed by atoms with Crippen LogP contribution in [0.15, 0.2) is 0 Å². The summed E-state index contributed by atoms with van der Waals surface area (Å²) in [6, 6.07) is 0. The van der Waals surface area contributed by atoms with Gasteiger partial charge in [0, 0.05) is 24.2 Å². The summed E-state index contributed by atoms with van der Waals surface area (Å²) in [6.45, 7) is 1.79. The molecule has 0 spiro atoms. The van der Waals surface area contributed by atoms with Crippen LogP contribution in [0.5, 0.6) is 0 Å². The van der Waals surface area contributed by atoms with Gasteiger partial charge in [0.2, 0.25) is 0 Å². The van der Waals surface area contributed by atoms with Gasteiger partial charge >= 0.3 is 0 Å². The van der Waals surface area contributed by atoms with E-state index >= 15 is 0 Å². The molecule has 0 aromatic heterocycles. The summed E-state index contributed by atoms with van der Waals surface area (Å²) in [5.41, 5.74) is 0. The Morgan fingerprint density at radius 1 is 1.33 bits per heavy atom. The Labute approximate surface area is 97.9 Å². The molecule has 0 fully saturated rings. The van der Waals surface area contributed by atoms with Crippen LogP contribution in [0, 0.1) is 0 Å². The number of hydrogen-bond acceptors (Lipinski definition) is 3. The van der Waals surface area contributed by atoms with Crippen LogP contribution < -0.4 is 0 Å². The minimum absolute atomic E-state index is 0.0524. The number of nitrogens with zero attached hydrogens (tertiary/aromatic N) is 1. The van der Waals surface area contributed by atoms with Crippen LogP contribution in [0.25, 0.3) is 0 Å². The maximum atomic E-state index is 12.1. The van der Waals surface area contributed by atoms with Gasteiger partial charge < -0.3 is 0 Å². The fraction of sp³-hybridized carbons (Fsp3) is 1.00. The first-order valence-electron chi connectivity index (χ1n) is 4.68. The Morgan fingerprint density at radius 2 is 1.93 bits per heavy atom. The van der Waals surface area contributed by atoms with E-state index in [9.17, 15) is 17.2 Å². The molecule has 0 radical (unpaired) electrons. The molecule has 0 atom stereocenters. The molecule has 0 aliphatic carbocycles. The largest absolute Gasteiger partial charge is 0.296 e. The molecule has 92 valence electrons. The second-order valence-corrected chi connectivity index (χ2v) is 6.38. The van der Waals surface area contributed by atoms with Crippen molar-refractivity contribution in [3.8, 4) is 0 Å². The lowest BCUT2D eigenvalue weighted by atomic mass is 10.5. The maximum absolute atomic E-state index is 12.1. The Hall–Kier alpha value is 0.250. The first-order chi connectivity index (χ1) is 6.91. The van der Waals surface area contributed by atoms with E-state index < -0.39 is 16.3 Å². The second-order valence-electron chi connectivity index (χ2n) is 3.12. The molecule has 0 unspecified atom stereocenters. The van der Waals surface area contributed by atoms with Gasteiger partial charge in [0.05, 0.1) is 12.3 Å². The normalized spacial score (nSPS) is 12.7. The van der Waals surface area contributed by atoms with Crippen molar-refractivity contribution >= 4 is 25.8 Å². The number of alkyl halides is 3. The lowest BCUT2D eigenvalue weighted by molar-refractivity contribution is 0.0943. The van der Waals surface area contributed by atoms with Crippen molar-refractivity contribution in [2.24, 2.45) is 0 Å². The van der Waals surface area contributed by atoms with E-state index in [4.69, 9.17) is 0 Å². The van der Waals surface area contributed by atoms with Crippen molar-refractivity contribution < 1.29 is 17.2 Å². The zero-order valence-electron chi connectivity index (χ0n) is 8.63. The van der Waals surface area contributed by atoms with E-state index in [0.29, 0.717) is 11.9 Å². The lowest BCUT2D eigenvalue weighted by Gasteiger charge is -2.20. The lowest BCUT2D eigenvalue weighted by Crippen LogP contribution is -2.35. The monoisotopic (exact) mass is 307 g/mol. The summed E-state index contributed by atoms with van der Waals surface area (Å²) in [5.74, 6) is 0.00700. The van der Waals surface area contributed by atoms with Crippen LogP contribution in [0.2, 0.25) is 0 Å². The highest BCUT2D eigenvalue weighted by Crippen LogP contribution is 2.01. The molecule has 0 saturated heterocycles. The highest BCUT2D eigenvalue weighted by Gasteiger charge is 2.14. The first-order valence-corrected chi connectivity index (χ1v) is 7.62. The van der Waals surface area contributed by atoms with E-state index in [-0.39, 0.29) is 24.6 Å². The van der Waals surface area contributed by atoms with Gasteiger partial charge in [-0.2, -0.15) is 0 Å². The highest BCUT2D eigenvalue weighted by molar-refractivity contribution is 9.09. The Kier molecular flexibility index (Phi) is 7.64. The van der Waals surface area contributed by atoms with Crippen molar-refractivity contribution in [3.05, 3.63) is 0 Å². The molecule has 0 bridgehead atoms. The fourth-order valence-electron chi connectivity index (χ4n) is 1.02. The molecular formula is C8H16BrF2NO2S. The van der Waals surface area contributed by atoms with E-state index in [1.807, 2.05) is 0 Å². The topological polar surface area (TPSA) is 37.4 Å². The molecule has 0 aromatic carbocycles. The third-order valence-corrected chi connectivity index (χ3v) is 3.99. The summed E-state index contributed by atoms with van der Waals surface area (Å²) < 4.78 is 46.5. The summed E-state index contributed by atoms with van der Waals surface area (Å²) in [4.78, 5) is 1.45. The summed E-state index contributed by atoms with van der Waals surface area (Å²) in [7, 11) is -3.07.